The first-order valence-electron chi connectivity index (χ1n) is 9.14. The van der Waals surface area contributed by atoms with Crippen LogP contribution in [0.2, 0.25) is 0 Å². The number of aliphatic imine (C=N–C) groups is 1. The predicted molar refractivity (Wildman–Crippen MR) is 113 cm³/mol. The molecule has 2 aliphatic rings. The van der Waals surface area contributed by atoms with Gasteiger partial charge in [0.25, 0.3) is 0 Å². The average Bonchev–Trinajstić information content (AvgIpc) is 2.61. The quantitative estimate of drug-likeness (QED) is 0.429. The Hall–Kier alpha value is -0.860. The molecule has 2 aliphatic heterocycles. The molecule has 2 saturated heterocycles. The maximum Gasteiger partial charge on any atom is 0.191 e. The van der Waals surface area contributed by atoms with Crippen molar-refractivity contribution in [1.29, 1.82) is 0 Å². The van der Waals surface area contributed by atoms with Gasteiger partial charge in [0.2, 0.25) is 0 Å². The molecular formula is C19H31IN4O. The van der Waals surface area contributed by atoms with Crippen molar-refractivity contribution in [1.82, 2.24) is 9.80 Å². The van der Waals surface area contributed by atoms with E-state index in [0.29, 0.717) is 12.5 Å². The Bertz CT molecular complexity index is 560. The van der Waals surface area contributed by atoms with Crippen LogP contribution in [-0.2, 0) is 17.8 Å². The van der Waals surface area contributed by atoms with Crippen LogP contribution in [0.3, 0.4) is 0 Å². The highest BCUT2D eigenvalue weighted by molar-refractivity contribution is 14.0. The maximum absolute atomic E-state index is 6.16. The van der Waals surface area contributed by atoms with Gasteiger partial charge in [0.05, 0.1) is 19.8 Å². The van der Waals surface area contributed by atoms with E-state index in [1.165, 1.54) is 37.1 Å². The minimum Gasteiger partial charge on any atom is -0.378 e. The zero-order chi connectivity index (χ0) is 16.8. The Kier molecular flexibility index (Phi) is 8.45. The molecule has 5 nitrogen and oxygen atoms in total. The van der Waals surface area contributed by atoms with E-state index in [2.05, 4.69) is 46.0 Å². The van der Waals surface area contributed by atoms with Crippen LogP contribution in [-0.4, -0.2) is 55.2 Å². The molecule has 140 valence electrons. The van der Waals surface area contributed by atoms with Crippen LogP contribution in [0.15, 0.2) is 29.3 Å². The normalized spacial score (nSPS) is 22.5. The number of halogens is 1. The van der Waals surface area contributed by atoms with Crippen molar-refractivity contribution in [3.05, 3.63) is 35.4 Å². The molecule has 0 amide bonds. The van der Waals surface area contributed by atoms with E-state index in [1.807, 2.05) is 0 Å². The first-order chi connectivity index (χ1) is 11.7. The highest BCUT2D eigenvalue weighted by Gasteiger charge is 2.17. The molecule has 1 aromatic rings. The van der Waals surface area contributed by atoms with Gasteiger partial charge in [0.1, 0.15) is 0 Å². The van der Waals surface area contributed by atoms with Crippen molar-refractivity contribution in [3.63, 3.8) is 0 Å². The second kappa shape index (κ2) is 10.3. The number of guanidine groups is 1. The van der Waals surface area contributed by atoms with Crippen LogP contribution in [0.25, 0.3) is 0 Å². The van der Waals surface area contributed by atoms with Crippen molar-refractivity contribution >= 4 is 29.9 Å². The summed E-state index contributed by atoms with van der Waals surface area (Å²) in [5.41, 5.74) is 8.82. The molecule has 0 bridgehead atoms. The van der Waals surface area contributed by atoms with E-state index in [4.69, 9.17) is 10.5 Å². The zero-order valence-corrected chi connectivity index (χ0v) is 17.5. The van der Waals surface area contributed by atoms with E-state index in [0.717, 1.165) is 38.8 Å². The lowest BCUT2D eigenvalue weighted by atomic mass is 9.99. The molecule has 2 fully saturated rings. The SMILES string of the molecule is CC1CCCN(Cc2ccccc2CN=C(N)N2CCOCC2)C1.I. The van der Waals surface area contributed by atoms with Gasteiger partial charge >= 0.3 is 0 Å². The molecule has 1 atom stereocenters. The van der Waals surface area contributed by atoms with E-state index < -0.39 is 0 Å². The summed E-state index contributed by atoms with van der Waals surface area (Å²) in [6.45, 7) is 9.58. The molecule has 3 rings (SSSR count). The molecule has 0 aliphatic carbocycles. The van der Waals surface area contributed by atoms with E-state index in [9.17, 15) is 0 Å². The minimum atomic E-state index is 0. The van der Waals surface area contributed by atoms with Crippen molar-refractivity contribution in [2.45, 2.75) is 32.9 Å². The Balaban J connectivity index is 0.00000225. The Labute approximate surface area is 168 Å². The molecule has 1 aromatic carbocycles. The van der Waals surface area contributed by atoms with E-state index in [-0.39, 0.29) is 24.0 Å². The van der Waals surface area contributed by atoms with Gasteiger partial charge in [-0.25, -0.2) is 4.99 Å². The second-order valence-electron chi connectivity index (χ2n) is 7.03. The third-order valence-electron chi connectivity index (χ3n) is 5.00. The lowest BCUT2D eigenvalue weighted by molar-refractivity contribution is 0.0674. The van der Waals surface area contributed by atoms with Crippen LogP contribution >= 0.6 is 24.0 Å². The Morgan fingerprint density at radius 3 is 2.64 bits per heavy atom. The topological polar surface area (TPSA) is 54.1 Å². The van der Waals surface area contributed by atoms with Crippen molar-refractivity contribution in [3.8, 4) is 0 Å². The summed E-state index contributed by atoms with van der Waals surface area (Å²) in [7, 11) is 0. The van der Waals surface area contributed by atoms with Crippen LogP contribution < -0.4 is 5.73 Å². The van der Waals surface area contributed by atoms with Crippen molar-refractivity contribution in [2.75, 3.05) is 39.4 Å². The summed E-state index contributed by atoms with van der Waals surface area (Å²) >= 11 is 0. The monoisotopic (exact) mass is 458 g/mol. The fourth-order valence-electron chi connectivity index (χ4n) is 3.60. The van der Waals surface area contributed by atoms with Crippen LogP contribution in [0.5, 0.6) is 0 Å². The minimum absolute atomic E-state index is 0. The second-order valence-corrected chi connectivity index (χ2v) is 7.03. The smallest absolute Gasteiger partial charge is 0.191 e. The molecule has 1 unspecified atom stereocenters. The number of piperidine rings is 1. The van der Waals surface area contributed by atoms with Crippen molar-refractivity contribution < 1.29 is 4.74 Å². The Morgan fingerprint density at radius 2 is 1.92 bits per heavy atom. The van der Waals surface area contributed by atoms with E-state index in [1.54, 1.807) is 0 Å². The average molecular weight is 458 g/mol. The van der Waals surface area contributed by atoms with Gasteiger partial charge in [-0.05, 0) is 36.4 Å². The third kappa shape index (κ3) is 6.11. The molecule has 2 N–H and O–H groups in total. The molecule has 25 heavy (non-hydrogen) atoms. The molecule has 6 heteroatoms. The number of ether oxygens (including phenoxy) is 1. The molecule has 2 heterocycles. The summed E-state index contributed by atoms with van der Waals surface area (Å²) in [4.78, 5) is 9.31. The van der Waals surface area contributed by atoms with Gasteiger partial charge in [-0.3, -0.25) is 4.90 Å². The largest absolute Gasteiger partial charge is 0.378 e. The molecular weight excluding hydrogens is 427 g/mol. The molecule has 0 aromatic heterocycles. The summed E-state index contributed by atoms with van der Waals surface area (Å²) in [5.74, 6) is 1.44. The molecule has 0 saturated carbocycles. The number of benzene rings is 1. The highest BCUT2D eigenvalue weighted by Crippen LogP contribution is 2.20. The summed E-state index contributed by atoms with van der Waals surface area (Å²) in [6, 6.07) is 8.63. The number of nitrogens with zero attached hydrogens (tertiary/aromatic N) is 3. The number of rotatable bonds is 4. The van der Waals surface area contributed by atoms with Crippen LogP contribution in [0.4, 0.5) is 0 Å². The van der Waals surface area contributed by atoms with Gasteiger partial charge in [-0.15, -0.1) is 24.0 Å². The van der Waals surface area contributed by atoms with Gasteiger partial charge in [0.15, 0.2) is 5.96 Å². The fourth-order valence-corrected chi connectivity index (χ4v) is 3.60. The lowest BCUT2D eigenvalue weighted by Gasteiger charge is -2.31. The van der Waals surface area contributed by atoms with Gasteiger partial charge in [0, 0.05) is 26.2 Å². The first-order valence-corrected chi connectivity index (χ1v) is 9.14. The number of nitrogens with two attached hydrogens (primary N) is 1. The number of hydrogen-bond donors (Lipinski definition) is 1. The molecule has 0 radical (unpaired) electrons. The number of morpholine rings is 1. The van der Waals surface area contributed by atoms with Crippen molar-refractivity contribution in [2.24, 2.45) is 16.6 Å². The number of hydrogen-bond acceptors (Lipinski definition) is 3. The van der Waals surface area contributed by atoms with Crippen LogP contribution in [0, 0.1) is 5.92 Å². The number of likely N-dealkylation sites (tertiary alicyclic amines) is 1. The predicted octanol–water partition coefficient (Wildman–Crippen LogP) is 2.68. The third-order valence-corrected chi connectivity index (χ3v) is 5.00. The summed E-state index contributed by atoms with van der Waals surface area (Å²) < 4.78 is 5.37. The van der Waals surface area contributed by atoms with Gasteiger partial charge in [-0.2, -0.15) is 0 Å². The van der Waals surface area contributed by atoms with Gasteiger partial charge in [-0.1, -0.05) is 31.2 Å². The lowest BCUT2D eigenvalue weighted by Crippen LogP contribution is -2.44. The first kappa shape index (κ1) is 20.5. The summed E-state index contributed by atoms with van der Waals surface area (Å²) in [5, 5.41) is 0. The fraction of sp³-hybridized carbons (Fsp3) is 0.632. The standard InChI is InChI=1S/C19H30N4O.HI/c1-16-5-4-8-22(14-16)15-18-7-3-2-6-17(18)13-21-19(20)23-9-11-24-12-10-23;/h2-3,6-7,16H,4-5,8-15H2,1H3,(H2,20,21);1H. The maximum atomic E-state index is 6.16. The summed E-state index contributed by atoms with van der Waals surface area (Å²) in [6.07, 6.45) is 2.67. The Morgan fingerprint density at radius 1 is 1.20 bits per heavy atom. The molecule has 0 spiro atoms. The van der Waals surface area contributed by atoms with Gasteiger partial charge < -0.3 is 15.4 Å². The zero-order valence-electron chi connectivity index (χ0n) is 15.2. The van der Waals surface area contributed by atoms with Crippen LogP contribution in [0.1, 0.15) is 30.9 Å². The van der Waals surface area contributed by atoms with E-state index >= 15 is 0 Å². The highest BCUT2D eigenvalue weighted by atomic mass is 127.